The number of aryl methyl sites for hydroxylation is 1. The SMILES string of the molecule is Cc1cnc(NC(=O)C2=NCC3=C2C(C)(C)Cc2cnc(N)nc23)s1. The van der Waals surface area contributed by atoms with E-state index in [1.54, 1.807) is 12.4 Å². The molecule has 3 heterocycles. The molecule has 0 bridgehead atoms. The molecule has 1 amide bonds. The molecule has 1 aliphatic heterocycles. The zero-order valence-electron chi connectivity index (χ0n) is 14.3. The molecule has 4 rings (SSSR count). The van der Waals surface area contributed by atoms with Crippen LogP contribution >= 0.6 is 11.3 Å². The third-order valence-corrected chi connectivity index (χ3v) is 5.30. The van der Waals surface area contributed by atoms with Crippen LogP contribution in [0.2, 0.25) is 0 Å². The van der Waals surface area contributed by atoms with Crippen molar-refractivity contribution < 1.29 is 4.79 Å². The van der Waals surface area contributed by atoms with E-state index in [1.165, 1.54) is 11.3 Å². The molecule has 2 aliphatic rings. The number of carbonyl (C=O) groups is 1. The summed E-state index contributed by atoms with van der Waals surface area (Å²) in [4.78, 5) is 31.0. The summed E-state index contributed by atoms with van der Waals surface area (Å²) in [5.41, 5.74) is 9.79. The lowest BCUT2D eigenvalue weighted by atomic mass is 9.70. The van der Waals surface area contributed by atoms with Crippen LogP contribution < -0.4 is 11.1 Å². The summed E-state index contributed by atoms with van der Waals surface area (Å²) >= 11 is 1.44. The van der Waals surface area contributed by atoms with Gasteiger partial charge in [-0.15, -0.1) is 11.3 Å². The van der Waals surface area contributed by atoms with Gasteiger partial charge in [-0.1, -0.05) is 13.8 Å². The Hall–Kier alpha value is -2.61. The summed E-state index contributed by atoms with van der Waals surface area (Å²) in [5, 5.41) is 3.44. The molecule has 3 N–H and O–H groups in total. The Labute approximate surface area is 149 Å². The number of nitrogens with one attached hydrogen (secondary N) is 1. The molecule has 0 aromatic carbocycles. The number of anilines is 2. The standard InChI is InChI=1S/C17H18N6OS/c1-8-5-21-16(25-8)23-14(24)13-11-10(7-19-13)12-9(4-17(11,2)3)6-20-15(18)22-12/h5-6H,4,7H2,1-3H3,(H2,18,20,22)(H,21,23,24). The van der Waals surface area contributed by atoms with Crippen molar-refractivity contribution in [1.82, 2.24) is 15.0 Å². The fourth-order valence-corrected chi connectivity index (χ4v) is 4.17. The van der Waals surface area contributed by atoms with Gasteiger partial charge in [-0.2, -0.15) is 0 Å². The van der Waals surface area contributed by atoms with Gasteiger partial charge >= 0.3 is 0 Å². The monoisotopic (exact) mass is 354 g/mol. The summed E-state index contributed by atoms with van der Waals surface area (Å²) in [7, 11) is 0. The van der Waals surface area contributed by atoms with E-state index in [2.05, 4.69) is 39.1 Å². The van der Waals surface area contributed by atoms with Gasteiger partial charge in [0.2, 0.25) is 5.95 Å². The summed E-state index contributed by atoms with van der Waals surface area (Å²) in [6, 6.07) is 0. The Morgan fingerprint density at radius 3 is 2.84 bits per heavy atom. The van der Waals surface area contributed by atoms with E-state index in [9.17, 15) is 4.79 Å². The Bertz CT molecular complexity index is 956. The van der Waals surface area contributed by atoms with Gasteiger partial charge in [-0.25, -0.2) is 15.0 Å². The van der Waals surface area contributed by atoms with Crippen molar-refractivity contribution >= 4 is 39.6 Å². The molecule has 8 heteroatoms. The maximum atomic E-state index is 12.8. The van der Waals surface area contributed by atoms with Crippen molar-refractivity contribution in [3.63, 3.8) is 0 Å². The lowest BCUT2D eigenvalue weighted by Crippen LogP contribution is -2.33. The molecule has 128 valence electrons. The van der Waals surface area contributed by atoms with Crippen LogP contribution in [0.3, 0.4) is 0 Å². The van der Waals surface area contributed by atoms with Gasteiger partial charge in [0.1, 0.15) is 5.71 Å². The number of hydrogen-bond acceptors (Lipinski definition) is 7. The fraction of sp³-hybridized carbons (Fsp3) is 0.353. The third-order valence-electron chi connectivity index (χ3n) is 4.47. The number of fused-ring (bicyclic) bond motifs is 2. The second kappa shape index (κ2) is 5.45. The van der Waals surface area contributed by atoms with Gasteiger partial charge in [-0.05, 0) is 29.9 Å². The summed E-state index contributed by atoms with van der Waals surface area (Å²) in [5.74, 6) is 0.0133. The van der Waals surface area contributed by atoms with Crippen LogP contribution in [0.1, 0.15) is 30.0 Å². The van der Waals surface area contributed by atoms with E-state index in [1.807, 2.05) is 6.92 Å². The molecular formula is C17H18N6OS. The van der Waals surface area contributed by atoms with E-state index < -0.39 is 0 Å². The largest absolute Gasteiger partial charge is 0.368 e. The number of nitrogen functional groups attached to an aromatic ring is 1. The Kier molecular flexibility index (Phi) is 3.47. The number of hydrogen-bond donors (Lipinski definition) is 2. The van der Waals surface area contributed by atoms with Crippen molar-refractivity contribution in [2.24, 2.45) is 10.4 Å². The summed E-state index contributed by atoms with van der Waals surface area (Å²) < 4.78 is 0. The van der Waals surface area contributed by atoms with E-state index in [0.29, 0.717) is 17.4 Å². The number of nitrogens with zero attached hydrogens (tertiary/aromatic N) is 4. The molecule has 7 nitrogen and oxygen atoms in total. The zero-order valence-corrected chi connectivity index (χ0v) is 15.1. The molecule has 0 spiro atoms. The van der Waals surface area contributed by atoms with Gasteiger partial charge < -0.3 is 5.73 Å². The first-order valence-corrected chi connectivity index (χ1v) is 8.81. The number of aromatic nitrogens is 3. The first-order chi connectivity index (χ1) is 11.8. The second-order valence-electron chi connectivity index (χ2n) is 6.91. The van der Waals surface area contributed by atoms with Crippen molar-refractivity contribution in [2.45, 2.75) is 27.2 Å². The summed E-state index contributed by atoms with van der Waals surface area (Å²) in [6.45, 7) is 6.61. The second-order valence-corrected chi connectivity index (χ2v) is 8.15. The predicted molar refractivity (Wildman–Crippen MR) is 98.6 cm³/mol. The highest BCUT2D eigenvalue weighted by Gasteiger charge is 2.41. The Balaban J connectivity index is 1.73. The van der Waals surface area contributed by atoms with E-state index in [-0.39, 0.29) is 17.3 Å². The van der Waals surface area contributed by atoms with Crippen LogP contribution in [0.25, 0.3) is 5.57 Å². The van der Waals surface area contributed by atoms with Crippen LogP contribution in [-0.4, -0.2) is 33.1 Å². The Morgan fingerprint density at radius 1 is 1.32 bits per heavy atom. The number of nitrogens with two attached hydrogens (primary N) is 1. The molecule has 0 atom stereocenters. The first kappa shape index (κ1) is 15.9. The predicted octanol–water partition coefficient (Wildman–Crippen LogP) is 2.25. The maximum absolute atomic E-state index is 12.8. The van der Waals surface area contributed by atoms with Crippen LogP contribution in [0.15, 0.2) is 23.0 Å². The highest BCUT2D eigenvalue weighted by atomic mass is 32.1. The molecule has 2 aromatic heterocycles. The van der Waals surface area contributed by atoms with Crippen molar-refractivity contribution in [3.8, 4) is 0 Å². The normalized spacial score (nSPS) is 17.8. The van der Waals surface area contributed by atoms with Crippen molar-refractivity contribution in [1.29, 1.82) is 0 Å². The van der Waals surface area contributed by atoms with Crippen molar-refractivity contribution in [2.75, 3.05) is 17.6 Å². The van der Waals surface area contributed by atoms with Gasteiger partial charge in [0.15, 0.2) is 5.13 Å². The fourth-order valence-electron chi connectivity index (χ4n) is 3.51. The molecular weight excluding hydrogens is 336 g/mol. The van der Waals surface area contributed by atoms with Crippen molar-refractivity contribution in [3.05, 3.63) is 34.1 Å². The van der Waals surface area contributed by atoms with Crippen LogP contribution in [0.5, 0.6) is 0 Å². The molecule has 2 aromatic rings. The topological polar surface area (TPSA) is 106 Å². The molecule has 0 saturated carbocycles. The van der Waals surface area contributed by atoms with E-state index in [0.717, 1.165) is 33.7 Å². The molecule has 1 aliphatic carbocycles. The smallest absolute Gasteiger partial charge is 0.275 e. The van der Waals surface area contributed by atoms with Gasteiger partial charge in [0.25, 0.3) is 5.91 Å². The number of thiazole rings is 1. The zero-order chi connectivity index (χ0) is 17.8. The Morgan fingerprint density at radius 2 is 2.12 bits per heavy atom. The number of aliphatic imine (C=N–C) groups is 1. The highest BCUT2D eigenvalue weighted by molar-refractivity contribution is 7.15. The maximum Gasteiger partial charge on any atom is 0.275 e. The summed E-state index contributed by atoms with van der Waals surface area (Å²) in [6.07, 6.45) is 4.26. The molecule has 0 fully saturated rings. The first-order valence-electron chi connectivity index (χ1n) is 7.99. The number of rotatable bonds is 2. The van der Waals surface area contributed by atoms with Gasteiger partial charge in [0, 0.05) is 22.8 Å². The van der Waals surface area contributed by atoms with E-state index in [4.69, 9.17) is 5.73 Å². The number of carbonyl (C=O) groups excluding carboxylic acids is 1. The third kappa shape index (κ3) is 2.62. The van der Waals surface area contributed by atoms with Crippen LogP contribution in [-0.2, 0) is 11.2 Å². The lowest BCUT2D eigenvalue weighted by Gasteiger charge is -2.33. The highest BCUT2D eigenvalue weighted by Crippen LogP contribution is 2.45. The van der Waals surface area contributed by atoms with Crippen LogP contribution in [0.4, 0.5) is 11.1 Å². The quantitative estimate of drug-likeness (QED) is 0.860. The lowest BCUT2D eigenvalue weighted by molar-refractivity contribution is -0.110. The average molecular weight is 354 g/mol. The van der Waals surface area contributed by atoms with Crippen LogP contribution in [0, 0.1) is 12.3 Å². The average Bonchev–Trinajstić information content (AvgIpc) is 3.15. The molecule has 0 saturated heterocycles. The minimum Gasteiger partial charge on any atom is -0.368 e. The van der Waals surface area contributed by atoms with E-state index >= 15 is 0 Å². The minimum absolute atomic E-state index is 0.224. The minimum atomic E-state index is -0.229. The molecule has 0 unspecified atom stereocenters. The van der Waals surface area contributed by atoms with Gasteiger partial charge in [-0.3, -0.25) is 15.1 Å². The number of amides is 1. The molecule has 0 radical (unpaired) electrons. The molecule has 25 heavy (non-hydrogen) atoms. The van der Waals surface area contributed by atoms with Gasteiger partial charge in [0.05, 0.1) is 12.2 Å².